The Morgan fingerprint density at radius 2 is 1.74 bits per heavy atom. The maximum Gasteiger partial charge on any atom is 0.311 e. The molecule has 2 fully saturated rings. The van der Waals surface area contributed by atoms with Gasteiger partial charge in [0.05, 0.1) is 42.6 Å². The number of cyclic esters (lactones) is 1. The molecule has 2 aliphatic rings. The largest absolute Gasteiger partial charge is 0.459 e. The second-order valence-electron chi connectivity index (χ2n) is 14.0. The molecule has 0 radical (unpaired) electrons. The quantitative estimate of drug-likeness (QED) is 0.297. The zero-order chi connectivity index (χ0) is 37.4. The van der Waals surface area contributed by atoms with Crippen molar-refractivity contribution in [2.24, 2.45) is 39.7 Å². The molecule has 2 aliphatic heterocycles. The Bertz CT molecular complexity index is 1460. The number of aliphatic hydroxyl groups excluding tert-OH is 1. The SMILES string of the molecule is CC.CC[C@H]1OC(=O)C(C)[C@@H](O)[C@H](C)[C@@H](C)[C@@]2(C)C[C@@H](C)C(=NC(C)=O)C(C)C(OC/C(=N\Oc3ccc(-n4cccn4)cc3)CO2)[C@]1(C)O. The molecule has 2 saturated heterocycles. The fourth-order valence-corrected chi connectivity index (χ4v) is 7.13. The molecular formula is C38H58N4O8. The molecular weight excluding hydrogens is 640 g/mol. The molecule has 0 saturated carbocycles. The summed E-state index contributed by atoms with van der Waals surface area (Å²) >= 11 is 0. The number of carbonyl (C=O) groups is 2. The van der Waals surface area contributed by atoms with Gasteiger partial charge in [-0.15, -0.1) is 0 Å². The van der Waals surface area contributed by atoms with Crippen molar-refractivity contribution in [2.45, 2.75) is 119 Å². The minimum atomic E-state index is -1.73. The number of hydrogen-bond acceptors (Lipinski definition) is 10. The molecule has 1 amide bonds. The Morgan fingerprint density at radius 1 is 1.08 bits per heavy atom. The topological polar surface area (TPSA) is 154 Å². The van der Waals surface area contributed by atoms with Crippen LogP contribution in [0.2, 0.25) is 0 Å². The van der Waals surface area contributed by atoms with Crippen LogP contribution in [0.4, 0.5) is 0 Å². The van der Waals surface area contributed by atoms with E-state index in [9.17, 15) is 19.8 Å². The maximum atomic E-state index is 13.4. The molecule has 12 nitrogen and oxygen atoms in total. The summed E-state index contributed by atoms with van der Waals surface area (Å²) in [7, 11) is 0. The number of rotatable bonds is 4. The number of carbonyl (C=O) groups excluding carboxylic acids is 2. The highest BCUT2D eigenvalue weighted by Gasteiger charge is 2.50. The highest BCUT2D eigenvalue weighted by molar-refractivity contribution is 5.98. The van der Waals surface area contributed by atoms with E-state index >= 15 is 0 Å². The molecule has 2 bridgehead atoms. The molecule has 12 heteroatoms. The molecule has 0 aliphatic carbocycles. The van der Waals surface area contributed by atoms with Crippen LogP contribution in [0.3, 0.4) is 0 Å². The fourth-order valence-electron chi connectivity index (χ4n) is 7.13. The van der Waals surface area contributed by atoms with E-state index in [0.717, 1.165) is 5.69 Å². The van der Waals surface area contributed by atoms with Crippen molar-refractivity contribution >= 4 is 23.3 Å². The van der Waals surface area contributed by atoms with Gasteiger partial charge >= 0.3 is 5.97 Å². The standard InChI is InChI=1S/C36H52N4O8.C2H6/c1-10-30-36(9,44)33-23(4)31(38-26(7)41)21(2)18-35(8,25(6)22(3)32(42)24(5)34(43)47-30)46-20-27(19-45-33)39-48-29-14-12-28(13-15-29)40-17-11-16-37-40;1-2/h11-17,21-25,30,32-33,42,44H,10,18-20H2,1-9H3;1-2H3/b38-31?,39-27+;/t21-,22-,23?,24?,25-,30-,32+,33?,35-,36-;/m1./s1. The van der Waals surface area contributed by atoms with E-state index in [1.54, 1.807) is 36.9 Å². The lowest BCUT2D eigenvalue weighted by Gasteiger charge is -2.45. The van der Waals surface area contributed by atoms with Crippen LogP contribution in [0, 0.1) is 29.6 Å². The number of ether oxygens (including phenoxy) is 3. The van der Waals surface area contributed by atoms with Crippen LogP contribution in [-0.2, 0) is 23.8 Å². The van der Waals surface area contributed by atoms with E-state index in [1.165, 1.54) is 6.92 Å². The summed E-state index contributed by atoms with van der Waals surface area (Å²) in [4.78, 5) is 36.3. The Labute approximate surface area is 297 Å². The molecule has 0 spiro atoms. The van der Waals surface area contributed by atoms with Crippen LogP contribution in [0.1, 0.15) is 89.0 Å². The van der Waals surface area contributed by atoms with Crippen molar-refractivity contribution in [2.75, 3.05) is 13.2 Å². The molecule has 3 unspecified atom stereocenters. The van der Waals surface area contributed by atoms with Gasteiger partial charge in [-0.1, -0.05) is 53.6 Å². The van der Waals surface area contributed by atoms with Crippen molar-refractivity contribution in [3.63, 3.8) is 0 Å². The summed E-state index contributed by atoms with van der Waals surface area (Å²) in [5.41, 5.74) is -0.800. The van der Waals surface area contributed by atoms with Crippen LogP contribution in [0.15, 0.2) is 52.9 Å². The first-order valence-corrected chi connectivity index (χ1v) is 17.9. The third kappa shape index (κ3) is 9.45. The average molecular weight is 699 g/mol. The second kappa shape index (κ2) is 17.7. The van der Waals surface area contributed by atoms with Gasteiger partial charge < -0.3 is 29.3 Å². The number of benzene rings is 1. The summed E-state index contributed by atoms with van der Waals surface area (Å²) in [6.07, 6.45) is 1.21. The summed E-state index contributed by atoms with van der Waals surface area (Å²) in [5, 5.41) is 32.4. The molecule has 10 atom stereocenters. The Morgan fingerprint density at radius 3 is 2.32 bits per heavy atom. The number of aromatic nitrogens is 2. The van der Waals surface area contributed by atoms with Crippen molar-refractivity contribution in [3.8, 4) is 11.4 Å². The first-order valence-electron chi connectivity index (χ1n) is 17.9. The number of aliphatic imine (C=N–C) groups is 1. The molecule has 3 heterocycles. The van der Waals surface area contributed by atoms with Gasteiger partial charge in [0.15, 0.2) is 5.75 Å². The summed E-state index contributed by atoms with van der Waals surface area (Å²) < 4.78 is 20.9. The third-order valence-electron chi connectivity index (χ3n) is 10.3. The Hall–Kier alpha value is -3.45. The van der Waals surface area contributed by atoms with Crippen LogP contribution in [0.25, 0.3) is 5.69 Å². The minimum absolute atomic E-state index is 0.0202. The highest BCUT2D eigenvalue weighted by Crippen LogP contribution is 2.40. The summed E-state index contributed by atoms with van der Waals surface area (Å²) in [5.74, 6) is -2.91. The van der Waals surface area contributed by atoms with Gasteiger partial charge in [-0.2, -0.15) is 5.10 Å². The van der Waals surface area contributed by atoms with Gasteiger partial charge in [0.25, 0.3) is 0 Å². The highest BCUT2D eigenvalue weighted by atomic mass is 16.6. The molecule has 50 heavy (non-hydrogen) atoms. The first-order chi connectivity index (χ1) is 23.6. The van der Waals surface area contributed by atoms with Crippen LogP contribution >= 0.6 is 0 Å². The minimum Gasteiger partial charge on any atom is -0.459 e. The predicted molar refractivity (Wildman–Crippen MR) is 192 cm³/mol. The monoisotopic (exact) mass is 698 g/mol. The van der Waals surface area contributed by atoms with E-state index in [1.807, 2.05) is 79.8 Å². The predicted octanol–water partition coefficient (Wildman–Crippen LogP) is 5.81. The number of oxime groups is 1. The Kier molecular flexibility index (Phi) is 14.5. The lowest BCUT2D eigenvalue weighted by Crippen LogP contribution is -2.57. The third-order valence-corrected chi connectivity index (χ3v) is 10.3. The number of amides is 1. The van der Waals surface area contributed by atoms with Gasteiger partial charge in [0.2, 0.25) is 5.91 Å². The molecule has 2 aromatic rings. The van der Waals surface area contributed by atoms with Crippen LogP contribution < -0.4 is 4.84 Å². The van der Waals surface area contributed by atoms with Crippen molar-refractivity contribution in [1.29, 1.82) is 0 Å². The van der Waals surface area contributed by atoms with E-state index in [4.69, 9.17) is 19.0 Å². The Balaban J connectivity index is 0.00000332. The van der Waals surface area contributed by atoms with Crippen molar-refractivity contribution < 1.29 is 38.9 Å². The summed E-state index contributed by atoms with van der Waals surface area (Å²) in [6, 6.07) is 9.12. The number of hydrogen-bond donors (Lipinski definition) is 2. The normalized spacial score (nSPS) is 35.9. The lowest BCUT2D eigenvalue weighted by atomic mass is 9.70. The molecule has 2 N–H and O–H groups in total. The van der Waals surface area contributed by atoms with Crippen LogP contribution in [-0.4, -0.2) is 86.0 Å². The maximum absolute atomic E-state index is 13.4. The van der Waals surface area contributed by atoms with Gasteiger partial charge in [0.1, 0.15) is 17.4 Å². The van der Waals surface area contributed by atoms with E-state index in [2.05, 4.69) is 15.2 Å². The van der Waals surface area contributed by atoms with Gasteiger partial charge in [0, 0.05) is 30.9 Å². The van der Waals surface area contributed by atoms with Crippen molar-refractivity contribution in [1.82, 2.24) is 9.78 Å². The van der Waals surface area contributed by atoms with Crippen molar-refractivity contribution in [3.05, 3.63) is 42.7 Å². The van der Waals surface area contributed by atoms with Crippen LogP contribution in [0.5, 0.6) is 5.75 Å². The smallest absolute Gasteiger partial charge is 0.311 e. The van der Waals surface area contributed by atoms with E-state index in [0.29, 0.717) is 23.6 Å². The first kappa shape index (κ1) is 41.0. The summed E-state index contributed by atoms with van der Waals surface area (Å²) in [6.45, 7) is 20.0. The number of aliphatic hydroxyl groups is 2. The molecule has 1 aromatic heterocycles. The molecule has 278 valence electrons. The number of fused-ring (bicyclic) bond motifs is 5. The lowest BCUT2D eigenvalue weighted by molar-refractivity contribution is -0.195. The number of esters is 1. The van der Waals surface area contributed by atoms with Gasteiger partial charge in [-0.05, 0) is 81.7 Å². The van der Waals surface area contributed by atoms with Gasteiger partial charge in [-0.3, -0.25) is 9.59 Å². The molecule has 1 aromatic carbocycles. The number of nitrogens with zero attached hydrogens (tertiary/aromatic N) is 4. The fraction of sp³-hybridized carbons (Fsp3) is 0.658. The zero-order valence-corrected chi connectivity index (χ0v) is 31.6. The average Bonchev–Trinajstić information content (AvgIpc) is 3.64. The van der Waals surface area contributed by atoms with Gasteiger partial charge in [-0.25, -0.2) is 9.67 Å². The van der Waals surface area contributed by atoms with E-state index in [-0.39, 0.29) is 37.4 Å². The van der Waals surface area contributed by atoms with E-state index < -0.39 is 53.2 Å². The zero-order valence-electron chi connectivity index (χ0n) is 31.6. The second-order valence-corrected chi connectivity index (χ2v) is 14.0. The molecule has 4 rings (SSSR count).